The molecular weight excluding hydrogens is 330 g/mol. The van der Waals surface area contributed by atoms with E-state index in [1.54, 1.807) is 40.8 Å². The van der Waals surface area contributed by atoms with Gasteiger partial charge >= 0.3 is 0 Å². The molecule has 0 N–H and O–H groups in total. The molecule has 1 amide bonds. The molecule has 0 saturated heterocycles. The number of ether oxygens (including phenoxy) is 1. The van der Waals surface area contributed by atoms with E-state index in [1.807, 2.05) is 13.0 Å². The van der Waals surface area contributed by atoms with Crippen LogP contribution in [-0.2, 0) is 19.9 Å². The second kappa shape index (κ2) is 7.56. The second-order valence-corrected chi connectivity index (χ2v) is 6.37. The number of carbonyl (C=O) groups is 1. The molecule has 2 heterocycles. The van der Waals surface area contributed by atoms with Crippen molar-refractivity contribution in [2.45, 2.75) is 19.8 Å². The summed E-state index contributed by atoms with van der Waals surface area (Å²) in [6.45, 7) is 6.89. The minimum atomic E-state index is -0.0598. The Morgan fingerprint density at radius 2 is 2.12 bits per heavy atom. The molecular formula is C20H23N3O3. The zero-order chi connectivity index (χ0) is 18.7. The minimum Gasteiger partial charge on any atom is -0.490 e. The zero-order valence-corrected chi connectivity index (χ0v) is 15.2. The average molecular weight is 353 g/mol. The fourth-order valence-electron chi connectivity index (χ4n) is 3.13. The molecule has 1 aromatic heterocycles. The smallest absolute Gasteiger partial charge is 0.256 e. The van der Waals surface area contributed by atoms with Crippen molar-refractivity contribution in [3.63, 3.8) is 0 Å². The number of fused-ring (bicyclic) bond motifs is 1. The van der Waals surface area contributed by atoms with Gasteiger partial charge in [-0.1, -0.05) is 18.7 Å². The minimum absolute atomic E-state index is 0.0124. The van der Waals surface area contributed by atoms with Crippen LogP contribution >= 0.6 is 0 Å². The molecule has 0 fully saturated rings. The largest absolute Gasteiger partial charge is 0.490 e. The van der Waals surface area contributed by atoms with Crippen LogP contribution in [-0.4, -0.2) is 40.1 Å². The monoisotopic (exact) mass is 353 g/mol. The quantitative estimate of drug-likeness (QED) is 0.788. The van der Waals surface area contributed by atoms with Crippen molar-refractivity contribution < 1.29 is 9.53 Å². The number of benzene rings is 1. The Morgan fingerprint density at radius 1 is 1.35 bits per heavy atom. The third-order valence-corrected chi connectivity index (χ3v) is 4.68. The first-order valence-electron chi connectivity index (χ1n) is 8.69. The zero-order valence-electron chi connectivity index (χ0n) is 15.2. The van der Waals surface area contributed by atoms with Crippen LogP contribution in [0.2, 0.25) is 0 Å². The highest BCUT2D eigenvalue weighted by molar-refractivity contribution is 5.94. The highest BCUT2D eigenvalue weighted by atomic mass is 16.5. The molecule has 0 unspecified atom stereocenters. The van der Waals surface area contributed by atoms with Crippen LogP contribution in [0.4, 0.5) is 0 Å². The first-order valence-corrected chi connectivity index (χ1v) is 8.69. The lowest BCUT2D eigenvalue weighted by atomic mass is 10.1. The van der Waals surface area contributed by atoms with Crippen LogP contribution in [0.15, 0.2) is 41.7 Å². The molecule has 6 heteroatoms. The maximum atomic E-state index is 12.9. The highest BCUT2D eigenvalue weighted by Gasteiger charge is 2.23. The summed E-state index contributed by atoms with van der Waals surface area (Å²) < 4.78 is 7.07. The fourth-order valence-corrected chi connectivity index (χ4v) is 3.13. The summed E-state index contributed by atoms with van der Waals surface area (Å²) in [6.07, 6.45) is 2.77. The summed E-state index contributed by atoms with van der Waals surface area (Å²) in [7, 11) is 1.73. The van der Waals surface area contributed by atoms with Gasteiger partial charge in [0.25, 0.3) is 11.5 Å². The lowest BCUT2D eigenvalue weighted by Gasteiger charge is -2.20. The van der Waals surface area contributed by atoms with Gasteiger partial charge in [-0.25, -0.2) is 4.98 Å². The number of hydrogen-bond acceptors (Lipinski definition) is 4. The maximum Gasteiger partial charge on any atom is 0.256 e. The van der Waals surface area contributed by atoms with E-state index in [2.05, 4.69) is 11.6 Å². The van der Waals surface area contributed by atoms with Crippen LogP contribution in [0.3, 0.4) is 0 Å². The Balaban J connectivity index is 1.80. The van der Waals surface area contributed by atoms with Crippen LogP contribution in [0.25, 0.3) is 0 Å². The molecule has 136 valence electrons. The molecule has 1 aliphatic heterocycles. The molecule has 3 rings (SSSR count). The fraction of sp³-hybridized carbons (Fsp3) is 0.350. The first-order chi connectivity index (χ1) is 12.5. The number of hydrogen-bond donors (Lipinski definition) is 0. The summed E-state index contributed by atoms with van der Waals surface area (Å²) >= 11 is 0. The normalized spacial score (nSPS) is 13.7. The van der Waals surface area contributed by atoms with Crippen LogP contribution in [0.5, 0.6) is 5.75 Å². The summed E-state index contributed by atoms with van der Waals surface area (Å²) in [5.74, 6) is 1.27. The molecule has 0 atom stereocenters. The Labute approximate surface area is 152 Å². The Morgan fingerprint density at radius 3 is 2.88 bits per heavy atom. The standard InChI is InChI=1S/C20H23N3O3/c1-4-12-26-16-7-5-6-15(13-16)19(24)23-10-8-17-18(9-11-23)21-14(2)22(3)20(17)25/h4-7,13H,1,8-12H2,2-3H3. The summed E-state index contributed by atoms with van der Waals surface area (Å²) in [6, 6.07) is 7.14. The van der Waals surface area contributed by atoms with Gasteiger partial charge in [-0.15, -0.1) is 0 Å². The molecule has 1 aromatic carbocycles. The Hall–Kier alpha value is -2.89. The van der Waals surface area contributed by atoms with Crippen molar-refractivity contribution in [3.8, 4) is 5.75 Å². The third kappa shape index (κ3) is 3.54. The van der Waals surface area contributed by atoms with Crippen LogP contribution < -0.4 is 10.3 Å². The van der Waals surface area contributed by atoms with Gasteiger partial charge in [-0.3, -0.25) is 14.2 Å². The second-order valence-electron chi connectivity index (χ2n) is 6.37. The molecule has 0 radical (unpaired) electrons. The van der Waals surface area contributed by atoms with Gasteiger partial charge in [0.05, 0.1) is 5.69 Å². The SMILES string of the molecule is C=CCOc1cccc(C(=O)N2CCc3nc(C)n(C)c(=O)c3CC2)c1. The maximum absolute atomic E-state index is 12.9. The van der Waals surface area contributed by atoms with E-state index in [-0.39, 0.29) is 11.5 Å². The lowest BCUT2D eigenvalue weighted by Crippen LogP contribution is -2.33. The van der Waals surface area contributed by atoms with E-state index in [1.165, 1.54) is 0 Å². The molecule has 0 spiro atoms. The predicted molar refractivity (Wildman–Crippen MR) is 99.7 cm³/mol. The highest BCUT2D eigenvalue weighted by Crippen LogP contribution is 2.18. The topological polar surface area (TPSA) is 64.4 Å². The first kappa shape index (κ1) is 17.9. The summed E-state index contributed by atoms with van der Waals surface area (Å²) in [4.78, 5) is 31.7. The van der Waals surface area contributed by atoms with Crippen LogP contribution in [0.1, 0.15) is 27.4 Å². The number of carbonyl (C=O) groups excluding carboxylic acids is 1. The van der Waals surface area contributed by atoms with Gasteiger partial charge in [0.2, 0.25) is 0 Å². The van der Waals surface area contributed by atoms with E-state index in [9.17, 15) is 9.59 Å². The molecule has 2 aromatic rings. The number of amides is 1. The number of aromatic nitrogens is 2. The van der Waals surface area contributed by atoms with Crippen LogP contribution in [0, 0.1) is 6.92 Å². The van der Waals surface area contributed by atoms with E-state index in [0.717, 1.165) is 11.3 Å². The molecule has 26 heavy (non-hydrogen) atoms. The number of aryl methyl sites for hydroxylation is 1. The van der Waals surface area contributed by atoms with E-state index in [0.29, 0.717) is 49.7 Å². The van der Waals surface area contributed by atoms with Crippen molar-refractivity contribution in [1.82, 2.24) is 14.5 Å². The summed E-state index contributed by atoms with van der Waals surface area (Å²) in [5.41, 5.74) is 2.09. The number of rotatable bonds is 4. The molecule has 1 aliphatic rings. The Bertz CT molecular complexity index is 902. The van der Waals surface area contributed by atoms with E-state index in [4.69, 9.17) is 4.74 Å². The van der Waals surface area contributed by atoms with Gasteiger partial charge in [-0.05, 0) is 31.5 Å². The van der Waals surface area contributed by atoms with E-state index < -0.39 is 0 Å². The van der Waals surface area contributed by atoms with Gasteiger partial charge < -0.3 is 9.64 Å². The molecule has 0 bridgehead atoms. The summed E-state index contributed by atoms with van der Waals surface area (Å²) in [5, 5.41) is 0. The van der Waals surface area contributed by atoms with E-state index >= 15 is 0 Å². The van der Waals surface area contributed by atoms with Crippen molar-refractivity contribution in [2.24, 2.45) is 7.05 Å². The van der Waals surface area contributed by atoms with Crippen molar-refractivity contribution in [3.05, 3.63) is 69.9 Å². The Kier molecular flexibility index (Phi) is 5.21. The van der Waals surface area contributed by atoms with Gasteiger partial charge in [0.1, 0.15) is 18.2 Å². The number of nitrogens with zero attached hydrogens (tertiary/aromatic N) is 3. The van der Waals surface area contributed by atoms with Gasteiger partial charge in [0, 0.05) is 37.7 Å². The molecule has 6 nitrogen and oxygen atoms in total. The van der Waals surface area contributed by atoms with Crippen molar-refractivity contribution in [1.29, 1.82) is 0 Å². The van der Waals surface area contributed by atoms with Crippen molar-refractivity contribution in [2.75, 3.05) is 19.7 Å². The lowest BCUT2D eigenvalue weighted by molar-refractivity contribution is 0.0762. The van der Waals surface area contributed by atoms with Gasteiger partial charge in [0.15, 0.2) is 0 Å². The van der Waals surface area contributed by atoms with Gasteiger partial charge in [-0.2, -0.15) is 0 Å². The molecule has 0 saturated carbocycles. The average Bonchev–Trinajstić information content (AvgIpc) is 2.87. The van der Waals surface area contributed by atoms with Crippen molar-refractivity contribution >= 4 is 5.91 Å². The third-order valence-electron chi connectivity index (χ3n) is 4.68. The predicted octanol–water partition coefficient (Wildman–Crippen LogP) is 1.89. The molecule has 0 aliphatic carbocycles.